The van der Waals surface area contributed by atoms with Crippen molar-refractivity contribution in [3.63, 3.8) is 0 Å². The summed E-state index contributed by atoms with van der Waals surface area (Å²) in [6.07, 6.45) is 9.36. The molecule has 4 fully saturated rings. The quantitative estimate of drug-likeness (QED) is 0.530. The Balaban J connectivity index is 1.55. The Labute approximate surface area is 194 Å². The molecule has 32 heavy (non-hydrogen) atoms. The van der Waals surface area contributed by atoms with Gasteiger partial charge in [0, 0.05) is 6.42 Å². The summed E-state index contributed by atoms with van der Waals surface area (Å²) in [4.78, 5) is 11.7. The lowest BCUT2D eigenvalue weighted by Gasteiger charge is -2.64. The number of fused-ring (bicyclic) bond motifs is 5. The molecule has 4 aliphatic carbocycles. The van der Waals surface area contributed by atoms with Crippen LogP contribution in [0, 0.1) is 52.3 Å². The van der Waals surface area contributed by atoms with Crippen molar-refractivity contribution in [1.29, 1.82) is 0 Å². The molecule has 5 heteroatoms. The lowest BCUT2D eigenvalue weighted by atomic mass is 9.42. The van der Waals surface area contributed by atoms with Gasteiger partial charge in [0.25, 0.3) is 0 Å². The molecule has 1 unspecified atom stereocenters. The molecule has 0 aromatic carbocycles. The monoisotopic (exact) mass is 449 g/mol. The molecule has 0 amide bonds. The zero-order valence-electron chi connectivity index (χ0n) is 20.8. The van der Waals surface area contributed by atoms with E-state index in [1.807, 2.05) is 0 Å². The highest BCUT2D eigenvalue weighted by atomic mass is 16.5. The second-order valence-electron chi connectivity index (χ2n) is 12.4. The Morgan fingerprint density at radius 1 is 1.12 bits per heavy atom. The predicted molar refractivity (Wildman–Crippen MR) is 126 cm³/mol. The Hall–Kier alpha value is -0.650. The van der Waals surface area contributed by atoms with Crippen molar-refractivity contribution in [2.24, 2.45) is 58.0 Å². The standard InChI is InChI=1S/C27H47NO4/c1-16(5-8-24(31)32-4)19-6-7-20-25-21(15-23(30)27(19,20)3)26(2)11-9-17(10-12-28)13-18(26)14-22(25)29/h16-23,25,29-30H,5-15,28H2,1-4H3/t16-,17+,18?,19-,20+,21+,22-,23+,25+,26+,27-/m1/s1. The number of methoxy groups -OCH3 is 1. The number of carbonyl (C=O) groups excluding carboxylic acids is 1. The molecule has 4 N–H and O–H groups in total. The molecule has 0 aliphatic heterocycles. The normalized spacial score (nSPS) is 49.0. The third kappa shape index (κ3) is 3.84. The van der Waals surface area contributed by atoms with Crippen LogP contribution in [0.25, 0.3) is 0 Å². The third-order valence-corrected chi connectivity index (χ3v) is 11.3. The van der Waals surface area contributed by atoms with Crippen LogP contribution >= 0.6 is 0 Å². The van der Waals surface area contributed by atoms with E-state index in [0.29, 0.717) is 47.8 Å². The van der Waals surface area contributed by atoms with E-state index < -0.39 is 0 Å². The SMILES string of the molecule is COC(=O)CC[C@@H](C)[C@H]1CC[C@H]2[C@@H]3[C@H](O)CC4C[C@H](CCN)CC[C@]4(C)[C@H]3C[C@H](O)[C@]12C. The summed E-state index contributed by atoms with van der Waals surface area (Å²) in [5.41, 5.74) is 5.92. The summed E-state index contributed by atoms with van der Waals surface area (Å²) in [5, 5.41) is 23.1. The summed E-state index contributed by atoms with van der Waals surface area (Å²) >= 11 is 0. The Morgan fingerprint density at radius 2 is 1.88 bits per heavy atom. The van der Waals surface area contributed by atoms with E-state index in [0.717, 1.165) is 45.1 Å². The zero-order chi connectivity index (χ0) is 23.3. The molecular weight excluding hydrogens is 402 g/mol. The van der Waals surface area contributed by atoms with E-state index in [2.05, 4.69) is 20.8 Å². The molecule has 0 radical (unpaired) electrons. The molecule has 0 aromatic rings. The summed E-state index contributed by atoms with van der Waals surface area (Å²) in [5.74, 6) is 2.95. The number of ether oxygens (including phenoxy) is 1. The van der Waals surface area contributed by atoms with Crippen molar-refractivity contribution in [2.75, 3.05) is 13.7 Å². The van der Waals surface area contributed by atoms with Gasteiger partial charge < -0.3 is 20.7 Å². The first-order valence-electron chi connectivity index (χ1n) is 13.3. The van der Waals surface area contributed by atoms with E-state index in [-0.39, 0.29) is 29.0 Å². The highest BCUT2D eigenvalue weighted by Crippen LogP contribution is 2.68. The van der Waals surface area contributed by atoms with Crippen LogP contribution < -0.4 is 5.73 Å². The second-order valence-corrected chi connectivity index (χ2v) is 12.4. The third-order valence-electron chi connectivity index (χ3n) is 11.3. The summed E-state index contributed by atoms with van der Waals surface area (Å²) in [7, 11) is 1.45. The maximum absolute atomic E-state index is 11.7. The molecule has 0 heterocycles. The first-order chi connectivity index (χ1) is 15.2. The predicted octanol–water partition coefficient (Wildman–Crippen LogP) is 4.14. The van der Waals surface area contributed by atoms with Crippen molar-refractivity contribution in [3.8, 4) is 0 Å². The molecular formula is C27H47NO4. The largest absolute Gasteiger partial charge is 0.469 e. The van der Waals surface area contributed by atoms with Crippen LogP contribution in [0.2, 0.25) is 0 Å². The van der Waals surface area contributed by atoms with Crippen LogP contribution in [-0.2, 0) is 9.53 Å². The Kier molecular flexibility index (Phi) is 7.03. The Bertz CT molecular complexity index is 685. The fraction of sp³-hybridized carbons (Fsp3) is 0.963. The van der Waals surface area contributed by atoms with Crippen LogP contribution in [0.5, 0.6) is 0 Å². The topological polar surface area (TPSA) is 92.8 Å². The number of aliphatic hydroxyl groups excluding tert-OH is 2. The maximum Gasteiger partial charge on any atom is 0.305 e. The van der Waals surface area contributed by atoms with Crippen LogP contribution in [0.15, 0.2) is 0 Å². The van der Waals surface area contributed by atoms with Crippen LogP contribution in [0.3, 0.4) is 0 Å². The van der Waals surface area contributed by atoms with Gasteiger partial charge in [0.15, 0.2) is 0 Å². The number of hydrogen-bond donors (Lipinski definition) is 3. The minimum Gasteiger partial charge on any atom is -0.469 e. The van der Waals surface area contributed by atoms with Gasteiger partial charge in [0.2, 0.25) is 0 Å². The van der Waals surface area contributed by atoms with Crippen molar-refractivity contribution >= 4 is 5.97 Å². The summed E-state index contributed by atoms with van der Waals surface area (Å²) in [6.45, 7) is 7.77. The van der Waals surface area contributed by atoms with Gasteiger partial charge in [-0.1, -0.05) is 20.8 Å². The number of rotatable bonds is 6. The first-order valence-corrected chi connectivity index (χ1v) is 13.3. The van der Waals surface area contributed by atoms with E-state index in [1.165, 1.54) is 26.4 Å². The van der Waals surface area contributed by atoms with Gasteiger partial charge in [0.05, 0.1) is 19.3 Å². The van der Waals surface area contributed by atoms with E-state index in [4.69, 9.17) is 10.5 Å². The minimum absolute atomic E-state index is 0.146. The van der Waals surface area contributed by atoms with E-state index >= 15 is 0 Å². The van der Waals surface area contributed by atoms with Gasteiger partial charge in [-0.3, -0.25) is 4.79 Å². The number of aliphatic hydroxyl groups is 2. The first kappa shape index (κ1) is 24.5. The smallest absolute Gasteiger partial charge is 0.305 e. The number of hydrogen-bond acceptors (Lipinski definition) is 5. The highest BCUT2D eigenvalue weighted by Gasteiger charge is 2.65. The fourth-order valence-corrected chi connectivity index (χ4v) is 9.39. The maximum atomic E-state index is 11.7. The van der Waals surface area contributed by atoms with Gasteiger partial charge in [-0.05, 0) is 117 Å². The van der Waals surface area contributed by atoms with Crippen LogP contribution in [0.4, 0.5) is 0 Å². The molecule has 11 atom stereocenters. The molecule has 4 saturated carbocycles. The minimum atomic E-state index is -0.327. The second kappa shape index (κ2) is 9.19. The van der Waals surface area contributed by atoms with Crippen molar-refractivity contribution < 1.29 is 19.7 Å². The van der Waals surface area contributed by atoms with Crippen LogP contribution in [0.1, 0.15) is 85.0 Å². The van der Waals surface area contributed by atoms with Gasteiger partial charge in [0.1, 0.15) is 0 Å². The van der Waals surface area contributed by atoms with Gasteiger partial charge >= 0.3 is 5.97 Å². The average Bonchev–Trinajstić information content (AvgIpc) is 3.12. The van der Waals surface area contributed by atoms with Crippen molar-refractivity contribution in [1.82, 2.24) is 0 Å². The molecule has 4 rings (SSSR count). The van der Waals surface area contributed by atoms with Gasteiger partial charge in [-0.25, -0.2) is 0 Å². The van der Waals surface area contributed by atoms with Crippen LogP contribution in [-0.4, -0.2) is 42.0 Å². The van der Waals surface area contributed by atoms with Crippen molar-refractivity contribution in [3.05, 3.63) is 0 Å². The molecule has 0 saturated heterocycles. The summed E-state index contributed by atoms with van der Waals surface area (Å²) in [6, 6.07) is 0. The lowest BCUT2D eigenvalue weighted by Crippen LogP contribution is -2.62. The number of carbonyl (C=O) groups is 1. The molecule has 4 aliphatic rings. The van der Waals surface area contributed by atoms with E-state index in [9.17, 15) is 15.0 Å². The number of esters is 1. The molecule has 5 nitrogen and oxygen atoms in total. The summed E-state index contributed by atoms with van der Waals surface area (Å²) < 4.78 is 4.86. The average molecular weight is 450 g/mol. The van der Waals surface area contributed by atoms with Gasteiger partial charge in [-0.15, -0.1) is 0 Å². The highest BCUT2D eigenvalue weighted by molar-refractivity contribution is 5.69. The van der Waals surface area contributed by atoms with Crippen molar-refractivity contribution in [2.45, 2.75) is 97.2 Å². The molecule has 184 valence electrons. The molecule has 0 bridgehead atoms. The fourth-order valence-electron chi connectivity index (χ4n) is 9.39. The Morgan fingerprint density at radius 3 is 2.56 bits per heavy atom. The van der Waals surface area contributed by atoms with E-state index in [1.54, 1.807) is 0 Å². The zero-order valence-corrected chi connectivity index (χ0v) is 20.8. The molecule has 0 spiro atoms. The number of nitrogens with two attached hydrogens (primary N) is 1. The lowest BCUT2D eigenvalue weighted by molar-refractivity contribution is -0.204. The van der Waals surface area contributed by atoms with Gasteiger partial charge in [-0.2, -0.15) is 0 Å². The molecule has 0 aromatic heterocycles.